The number of hydrogen-bond donors (Lipinski definition) is 0. The highest BCUT2D eigenvalue weighted by Gasteiger charge is 2.39. The van der Waals surface area contributed by atoms with E-state index in [1.807, 2.05) is 0 Å². The third-order valence-corrected chi connectivity index (χ3v) is 13.9. The van der Waals surface area contributed by atoms with Crippen molar-refractivity contribution in [1.82, 2.24) is 19.1 Å². The zero-order chi connectivity index (χ0) is 36.9. The van der Waals surface area contributed by atoms with Crippen LogP contribution in [0, 0.1) is 0 Å². The number of hydrogen-bond acceptors (Lipinski definition) is 3. The van der Waals surface area contributed by atoms with Crippen LogP contribution in [-0.4, -0.2) is 19.1 Å². The number of thiophene rings is 1. The maximum Gasteiger partial charge on any atom is 0.238 e. The van der Waals surface area contributed by atoms with Gasteiger partial charge in [-0.05, 0) is 86.5 Å². The van der Waals surface area contributed by atoms with Gasteiger partial charge in [0, 0.05) is 37.5 Å². The third-order valence-electron chi connectivity index (χ3n) is 12.9. The maximum absolute atomic E-state index is 5.74. The van der Waals surface area contributed by atoms with E-state index >= 15 is 0 Å². The van der Waals surface area contributed by atoms with Crippen molar-refractivity contribution in [3.63, 3.8) is 0 Å². The van der Waals surface area contributed by atoms with Gasteiger partial charge in [-0.1, -0.05) is 133 Å². The molecule has 0 spiro atoms. The molecule has 4 aromatic heterocycles. The van der Waals surface area contributed by atoms with E-state index in [0.717, 1.165) is 44.5 Å². The van der Waals surface area contributed by atoms with Crippen molar-refractivity contribution in [2.45, 2.75) is 12.3 Å². The first-order chi connectivity index (χ1) is 28.3. The van der Waals surface area contributed by atoms with Crippen LogP contribution in [0.4, 0.5) is 0 Å². The Hall–Kier alpha value is -7.08. The summed E-state index contributed by atoms with van der Waals surface area (Å²) >= 11 is 1.75. The molecule has 1 unspecified atom stereocenters. The summed E-state index contributed by atoms with van der Waals surface area (Å²) in [4.78, 5) is 12.3. The third kappa shape index (κ3) is 3.82. The summed E-state index contributed by atoms with van der Waals surface area (Å²) < 4.78 is 5.93. The Kier molecular flexibility index (Phi) is 5.73. The van der Waals surface area contributed by atoms with E-state index in [1.165, 1.54) is 81.3 Å². The van der Waals surface area contributed by atoms with Gasteiger partial charge in [0.05, 0.1) is 27.5 Å². The highest BCUT2D eigenvalue weighted by atomic mass is 32.1. The molecule has 2 aliphatic carbocycles. The van der Waals surface area contributed by atoms with E-state index < -0.39 is 0 Å². The van der Waals surface area contributed by atoms with Gasteiger partial charge in [0.25, 0.3) is 0 Å². The van der Waals surface area contributed by atoms with Crippen molar-refractivity contribution < 1.29 is 0 Å². The SMILES string of the molecule is c1ccc2c(c1)CC1c3c-2cc2c(c3-c3ccc4ccccc4c31)c1ccccc1n2-c1nc(-n2c3ccccc3c3ccccc32)c2c(n1)sc1ccccc12. The van der Waals surface area contributed by atoms with E-state index in [4.69, 9.17) is 9.97 Å². The summed E-state index contributed by atoms with van der Waals surface area (Å²) in [6.07, 6.45) is 0.995. The maximum atomic E-state index is 5.74. The number of nitrogens with zero attached hydrogens (tertiary/aromatic N) is 4. The first-order valence-corrected chi connectivity index (χ1v) is 20.5. The molecule has 1 atom stereocenters. The molecule has 0 amide bonds. The molecule has 12 aromatic rings. The van der Waals surface area contributed by atoms with Crippen LogP contribution in [0.2, 0.25) is 0 Å². The smallest absolute Gasteiger partial charge is 0.238 e. The van der Waals surface area contributed by atoms with Gasteiger partial charge in [-0.15, -0.1) is 11.3 Å². The lowest BCUT2D eigenvalue weighted by atomic mass is 9.77. The van der Waals surface area contributed by atoms with E-state index in [9.17, 15) is 0 Å². The molecule has 14 rings (SSSR count). The fraction of sp³-hybridized carbons (Fsp3) is 0.0385. The van der Waals surface area contributed by atoms with Gasteiger partial charge in [0.15, 0.2) is 5.82 Å². The van der Waals surface area contributed by atoms with E-state index in [1.54, 1.807) is 11.3 Å². The van der Waals surface area contributed by atoms with Crippen LogP contribution in [0.15, 0.2) is 164 Å². The lowest BCUT2D eigenvalue weighted by Gasteiger charge is -2.26. The highest BCUT2D eigenvalue weighted by molar-refractivity contribution is 7.25. The second kappa shape index (κ2) is 10.8. The number of aromatic nitrogens is 4. The minimum absolute atomic E-state index is 0.283. The molecule has 0 radical (unpaired) electrons. The summed E-state index contributed by atoms with van der Waals surface area (Å²) in [5, 5.41) is 9.85. The summed E-state index contributed by atoms with van der Waals surface area (Å²) in [5.41, 5.74) is 14.2. The summed E-state index contributed by atoms with van der Waals surface area (Å²) in [5.74, 6) is 1.87. The van der Waals surface area contributed by atoms with Gasteiger partial charge in [-0.3, -0.25) is 9.13 Å². The average Bonchev–Trinajstić information content (AvgIpc) is 4.00. The summed E-state index contributed by atoms with van der Waals surface area (Å²) in [6.45, 7) is 0. The molecular weight excluding hydrogens is 713 g/mol. The van der Waals surface area contributed by atoms with E-state index in [2.05, 4.69) is 173 Å². The largest absolute Gasteiger partial charge is 0.293 e. The van der Waals surface area contributed by atoms with Crippen LogP contribution in [-0.2, 0) is 6.42 Å². The Morgan fingerprint density at radius 1 is 0.474 bits per heavy atom. The van der Waals surface area contributed by atoms with Crippen LogP contribution in [0.3, 0.4) is 0 Å². The molecule has 0 saturated heterocycles. The van der Waals surface area contributed by atoms with Crippen LogP contribution >= 0.6 is 11.3 Å². The van der Waals surface area contributed by atoms with E-state index in [0.29, 0.717) is 5.95 Å². The zero-order valence-corrected chi connectivity index (χ0v) is 31.4. The molecule has 2 aliphatic rings. The molecule has 264 valence electrons. The summed E-state index contributed by atoms with van der Waals surface area (Å²) in [7, 11) is 0. The number of fused-ring (bicyclic) bond motifs is 17. The predicted molar refractivity (Wildman–Crippen MR) is 238 cm³/mol. The van der Waals surface area contributed by atoms with Gasteiger partial charge in [-0.2, -0.15) is 4.98 Å². The first kappa shape index (κ1) is 30.2. The average molecular weight is 743 g/mol. The van der Waals surface area contributed by atoms with Crippen molar-refractivity contribution in [2.75, 3.05) is 0 Å². The standard InChI is InChI=1S/C52H30N4S/c1-4-16-32-29(13-1)25-26-37-45(32)39-27-30-14-2-3-15-31(30)38-28-43-47(48(37)46(38)39)35-19-7-11-23-42(35)56(43)52-53-50(49-36-20-8-12-24-44(36)57-51(49)54-52)55-40-21-9-5-17-33(40)34-18-6-10-22-41(34)55/h1-26,28,39H,27H2. The number of rotatable bonds is 2. The molecule has 4 nitrogen and oxygen atoms in total. The van der Waals surface area contributed by atoms with Crippen molar-refractivity contribution in [3.05, 3.63) is 180 Å². The Balaban J connectivity index is 1.16. The monoisotopic (exact) mass is 742 g/mol. The topological polar surface area (TPSA) is 35.6 Å². The molecule has 0 saturated carbocycles. The van der Waals surface area contributed by atoms with Crippen LogP contribution in [0.1, 0.15) is 22.6 Å². The highest BCUT2D eigenvalue weighted by Crippen LogP contribution is 2.59. The van der Waals surface area contributed by atoms with Gasteiger partial charge in [0.1, 0.15) is 4.83 Å². The Morgan fingerprint density at radius 2 is 1.12 bits per heavy atom. The van der Waals surface area contributed by atoms with Gasteiger partial charge >= 0.3 is 0 Å². The van der Waals surface area contributed by atoms with Crippen LogP contribution in [0.25, 0.3) is 109 Å². The normalized spacial score (nSPS) is 14.4. The number of benzene rings is 8. The van der Waals surface area contributed by atoms with Crippen molar-refractivity contribution >= 4 is 86.0 Å². The molecule has 8 aromatic carbocycles. The molecule has 4 heterocycles. The zero-order valence-electron chi connectivity index (χ0n) is 30.6. The molecule has 0 bridgehead atoms. The minimum Gasteiger partial charge on any atom is -0.293 e. The number of para-hydroxylation sites is 3. The molecule has 57 heavy (non-hydrogen) atoms. The second-order valence-corrected chi connectivity index (χ2v) is 16.6. The van der Waals surface area contributed by atoms with Gasteiger partial charge in [-0.25, -0.2) is 4.98 Å². The van der Waals surface area contributed by atoms with Gasteiger partial charge in [0.2, 0.25) is 5.95 Å². The lowest BCUT2D eigenvalue weighted by molar-refractivity contribution is 0.822. The van der Waals surface area contributed by atoms with E-state index in [-0.39, 0.29) is 5.92 Å². The Labute approximate surface area is 330 Å². The Bertz CT molecular complexity index is 3700. The van der Waals surface area contributed by atoms with Crippen molar-refractivity contribution in [2.24, 2.45) is 0 Å². The summed E-state index contributed by atoms with van der Waals surface area (Å²) in [6, 6.07) is 60.1. The quantitative estimate of drug-likeness (QED) is 0.177. The van der Waals surface area contributed by atoms with Crippen LogP contribution < -0.4 is 0 Å². The molecular formula is C52H30N4S. The van der Waals surface area contributed by atoms with Crippen LogP contribution in [0.5, 0.6) is 0 Å². The molecule has 0 N–H and O–H groups in total. The first-order valence-electron chi connectivity index (χ1n) is 19.7. The van der Waals surface area contributed by atoms with Crippen molar-refractivity contribution in [1.29, 1.82) is 0 Å². The second-order valence-electron chi connectivity index (χ2n) is 15.6. The fourth-order valence-electron chi connectivity index (χ4n) is 10.6. The Morgan fingerprint density at radius 3 is 1.93 bits per heavy atom. The predicted octanol–water partition coefficient (Wildman–Crippen LogP) is 13.5. The molecule has 0 fully saturated rings. The molecule has 0 aliphatic heterocycles. The van der Waals surface area contributed by atoms with Gasteiger partial charge < -0.3 is 0 Å². The minimum atomic E-state index is 0.283. The lowest BCUT2D eigenvalue weighted by Crippen LogP contribution is -2.11. The molecule has 5 heteroatoms. The van der Waals surface area contributed by atoms with Crippen molar-refractivity contribution in [3.8, 4) is 34.0 Å². The fourth-order valence-corrected chi connectivity index (χ4v) is 11.7.